The van der Waals surface area contributed by atoms with E-state index in [4.69, 9.17) is 10.5 Å². The highest BCUT2D eigenvalue weighted by molar-refractivity contribution is 5.76. The summed E-state index contributed by atoms with van der Waals surface area (Å²) in [6.07, 6.45) is 4.69. The molecule has 0 amide bonds. The molecule has 0 saturated carbocycles. The van der Waals surface area contributed by atoms with E-state index in [9.17, 15) is 0 Å². The third-order valence-corrected chi connectivity index (χ3v) is 3.86. The second-order valence-electron chi connectivity index (χ2n) is 5.17. The monoisotopic (exact) mass is 261 g/mol. The molecule has 2 unspecified atom stereocenters. The summed E-state index contributed by atoms with van der Waals surface area (Å²) in [5.74, 6) is 0.862. The Kier molecular flexibility index (Phi) is 3.12. The van der Waals surface area contributed by atoms with E-state index in [-0.39, 0.29) is 6.04 Å². The van der Waals surface area contributed by atoms with Crippen LogP contribution in [0.5, 0.6) is 5.88 Å². The molecule has 3 heterocycles. The predicted octanol–water partition coefficient (Wildman–Crippen LogP) is 0.713. The van der Waals surface area contributed by atoms with Crippen LogP contribution >= 0.6 is 0 Å². The number of fused-ring (bicyclic) bond motifs is 1. The zero-order valence-electron chi connectivity index (χ0n) is 11.3. The average Bonchev–Trinajstić information content (AvgIpc) is 2.81. The van der Waals surface area contributed by atoms with Crippen molar-refractivity contribution in [3.8, 4) is 5.88 Å². The molecule has 3 rings (SSSR count). The molecule has 1 aliphatic rings. The number of ether oxygens (including phenoxy) is 1. The highest BCUT2D eigenvalue weighted by Crippen LogP contribution is 2.31. The van der Waals surface area contributed by atoms with Crippen LogP contribution < -0.4 is 10.5 Å². The van der Waals surface area contributed by atoms with E-state index in [2.05, 4.69) is 26.9 Å². The maximum absolute atomic E-state index is 6.28. The number of likely N-dealkylation sites (tertiary alicyclic amines) is 1. The molecule has 3 N–H and O–H groups in total. The van der Waals surface area contributed by atoms with Gasteiger partial charge in [-0.2, -0.15) is 4.98 Å². The summed E-state index contributed by atoms with van der Waals surface area (Å²) in [5, 5.41) is 0. The van der Waals surface area contributed by atoms with Crippen LogP contribution in [-0.4, -0.2) is 53.1 Å². The van der Waals surface area contributed by atoms with E-state index in [0.717, 1.165) is 30.7 Å². The second kappa shape index (κ2) is 4.79. The topological polar surface area (TPSA) is 80.1 Å². The van der Waals surface area contributed by atoms with E-state index in [0.29, 0.717) is 11.8 Å². The molecule has 0 bridgehead atoms. The Balaban J connectivity index is 1.96. The molecule has 6 nitrogen and oxygen atoms in total. The van der Waals surface area contributed by atoms with Crippen LogP contribution in [0.1, 0.15) is 17.9 Å². The summed E-state index contributed by atoms with van der Waals surface area (Å²) >= 11 is 0. The normalized spacial score (nSPS) is 24.8. The Morgan fingerprint density at radius 2 is 2.37 bits per heavy atom. The molecule has 19 heavy (non-hydrogen) atoms. The lowest BCUT2D eigenvalue weighted by atomic mass is 9.87. The third kappa shape index (κ3) is 2.17. The van der Waals surface area contributed by atoms with Crippen LogP contribution in [0, 0.1) is 0 Å². The SMILES string of the molecule is COc1cnc2c(C3CCN(C)CC3N)c[nH]c2n1. The summed E-state index contributed by atoms with van der Waals surface area (Å²) in [5.41, 5.74) is 9.12. The van der Waals surface area contributed by atoms with Crippen molar-refractivity contribution in [1.82, 2.24) is 19.9 Å². The van der Waals surface area contributed by atoms with Crippen molar-refractivity contribution >= 4 is 11.2 Å². The fourth-order valence-electron chi connectivity index (χ4n) is 2.82. The van der Waals surface area contributed by atoms with Crippen molar-refractivity contribution in [2.75, 3.05) is 27.2 Å². The van der Waals surface area contributed by atoms with Gasteiger partial charge in [-0.3, -0.25) is 0 Å². The van der Waals surface area contributed by atoms with Crippen molar-refractivity contribution in [3.63, 3.8) is 0 Å². The maximum atomic E-state index is 6.28. The lowest BCUT2D eigenvalue weighted by molar-refractivity contribution is 0.229. The zero-order valence-corrected chi connectivity index (χ0v) is 11.3. The first-order valence-electron chi connectivity index (χ1n) is 6.51. The summed E-state index contributed by atoms with van der Waals surface area (Å²) in [4.78, 5) is 14.2. The number of hydrogen-bond acceptors (Lipinski definition) is 5. The molecule has 2 aromatic rings. The van der Waals surface area contributed by atoms with Crippen molar-refractivity contribution in [1.29, 1.82) is 0 Å². The lowest BCUT2D eigenvalue weighted by Crippen LogP contribution is -2.45. The molecule has 6 heteroatoms. The first kappa shape index (κ1) is 12.4. The number of likely N-dealkylation sites (N-methyl/N-ethyl adjacent to an activating group) is 1. The van der Waals surface area contributed by atoms with Gasteiger partial charge in [0.15, 0.2) is 5.65 Å². The van der Waals surface area contributed by atoms with Crippen molar-refractivity contribution in [2.24, 2.45) is 5.73 Å². The van der Waals surface area contributed by atoms with E-state index in [1.807, 2.05) is 6.20 Å². The van der Waals surface area contributed by atoms with Crippen LogP contribution in [0.4, 0.5) is 0 Å². The van der Waals surface area contributed by atoms with Gasteiger partial charge in [-0.1, -0.05) is 0 Å². The minimum Gasteiger partial charge on any atom is -0.480 e. The number of nitrogens with one attached hydrogen (secondary N) is 1. The van der Waals surface area contributed by atoms with Crippen LogP contribution in [0.2, 0.25) is 0 Å². The third-order valence-electron chi connectivity index (χ3n) is 3.86. The van der Waals surface area contributed by atoms with Gasteiger partial charge >= 0.3 is 0 Å². The van der Waals surface area contributed by atoms with Gasteiger partial charge < -0.3 is 20.4 Å². The molecule has 1 saturated heterocycles. The molecule has 1 aliphatic heterocycles. The Bertz CT molecular complexity index is 581. The quantitative estimate of drug-likeness (QED) is 0.832. The lowest BCUT2D eigenvalue weighted by Gasteiger charge is -2.34. The van der Waals surface area contributed by atoms with Gasteiger partial charge in [-0.25, -0.2) is 4.98 Å². The smallest absolute Gasteiger partial charge is 0.234 e. The van der Waals surface area contributed by atoms with Gasteiger partial charge in [-0.05, 0) is 20.0 Å². The number of piperidine rings is 1. The number of H-pyrrole nitrogens is 1. The average molecular weight is 261 g/mol. The molecule has 0 aliphatic carbocycles. The Hall–Kier alpha value is -1.66. The highest BCUT2D eigenvalue weighted by Gasteiger charge is 2.28. The van der Waals surface area contributed by atoms with Gasteiger partial charge in [0.2, 0.25) is 5.88 Å². The number of hydrogen-bond donors (Lipinski definition) is 2. The second-order valence-corrected chi connectivity index (χ2v) is 5.17. The molecule has 102 valence electrons. The molecule has 1 fully saturated rings. The van der Waals surface area contributed by atoms with E-state index in [1.54, 1.807) is 13.3 Å². The number of aromatic amines is 1. The molecule has 0 spiro atoms. The van der Waals surface area contributed by atoms with E-state index < -0.39 is 0 Å². The van der Waals surface area contributed by atoms with Crippen LogP contribution in [0.3, 0.4) is 0 Å². The van der Waals surface area contributed by atoms with Crippen molar-refractivity contribution in [2.45, 2.75) is 18.4 Å². The van der Waals surface area contributed by atoms with Gasteiger partial charge in [-0.15, -0.1) is 0 Å². The molecule has 2 atom stereocenters. The van der Waals surface area contributed by atoms with Crippen LogP contribution in [0.15, 0.2) is 12.4 Å². The number of nitrogens with two attached hydrogens (primary N) is 1. The molecular weight excluding hydrogens is 242 g/mol. The Morgan fingerprint density at radius 1 is 1.53 bits per heavy atom. The summed E-state index contributed by atoms with van der Waals surface area (Å²) < 4.78 is 5.09. The zero-order chi connectivity index (χ0) is 13.4. The van der Waals surface area contributed by atoms with Crippen LogP contribution in [0.25, 0.3) is 11.2 Å². The highest BCUT2D eigenvalue weighted by atomic mass is 16.5. The predicted molar refractivity (Wildman–Crippen MR) is 73.3 cm³/mol. The Morgan fingerprint density at radius 3 is 3.11 bits per heavy atom. The minimum absolute atomic E-state index is 0.140. The summed E-state index contributed by atoms with van der Waals surface area (Å²) in [6, 6.07) is 0.140. The van der Waals surface area contributed by atoms with Crippen LogP contribution in [-0.2, 0) is 0 Å². The first-order chi connectivity index (χ1) is 9.19. The molecular formula is C13H19N5O. The molecule has 2 aromatic heterocycles. The minimum atomic E-state index is 0.140. The first-order valence-corrected chi connectivity index (χ1v) is 6.51. The van der Waals surface area contributed by atoms with Crippen molar-refractivity contribution < 1.29 is 4.74 Å². The maximum Gasteiger partial charge on any atom is 0.234 e. The standard InChI is InChI=1S/C13H19N5O/c1-18-4-3-8(10(14)7-18)9-5-16-13-12(9)15-6-11(17-13)19-2/h5-6,8,10H,3-4,7,14H2,1-2H3,(H,16,17). The number of rotatable bonds is 2. The number of nitrogens with zero attached hydrogens (tertiary/aromatic N) is 3. The molecule has 0 radical (unpaired) electrons. The van der Waals surface area contributed by atoms with Gasteiger partial charge in [0.25, 0.3) is 0 Å². The van der Waals surface area contributed by atoms with Crippen molar-refractivity contribution in [3.05, 3.63) is 18.0 Å². The fraction of sp³-hybridized carbons (Fsp3) is 0.538. The van der Waals surface area contributed by atoms with Gasteiger partial charge in [0.05, 0.1) is 13.3 Å². The van der Waals surface area contributed by atoms with E-state index in [1.165, 1.54) is 5.56 Å². The fourth-order valence-corrected chi connectivity index (χ4v) is 2.82. The van der Waals surface area contributed by atoms with Gasteiger partial charge in [0.1, 0.15) is 5.52 Å². The summed E-state index contributed by atoms with van der Waals surface area (Å²) in [6.45, 7) is 1.98. The Labute approximate surface area is 112 Å². The number of methoxy groups -OCH3 is 1. The molecule has 0 aromatic carbocycles. The number of aromatic nitrogens is 3. The van der Waals surface area contributed by atoms with E-state index >= 15 is 0 Å². The largest absolute Gasteiger partial charge is 0.480 e. The van der Waals surface area contributed by atoms with Gasteiger partial charge in [0, 0.05) is 30.3 Å². The summed E-state index contributed by atoms with van der Waals surface area (Å²) in [7, 11) is 3.70.